The van der Waals surface area contributed by atoms with Gasteiger partial charge in [-0.1, -0.05) is 6.92 Å². The Kier molecular flexibility index (Phi) is 5.73. The summed E-state index contributed by atoms with van der Waals surface area (Å²) in [4.78, 5) is 18.8. The highest BCUT2D eigenvalue weighted by Crippen LogP contribution is 2.55. The van der Waals surface area contributed by atoms with Gasteiger partial charge < -0.3 is 19.4 Å². The number of benzene rings is 1. The highest BCUT2D eigenvalue weighted by Gasteiger charge is 2.62. The fourth-order valence-corrected chi connectivity index (χ4v) is 5.30. The van der Waals surface area contributed by atoms with Gasteiger partial charge in [-0.25, -0.2) is 14.2 Å². The van der Waals surface area contributed by atoms with Crippen LogP contribution < -0.4 is 5.32 Å². The Bertz CT molecular complexity index is 1310. The van der Waals surface area contributed by atoms with E-state index in [4.69, 9.17) is 9.15 Å². The number of carbonyl (C=O) groups excluding carboxylic acids is 1. The number of carbonyl (C=O) groups is 1. The molecule has 2 aliphatic rings. The molecule has 1 aliphatic heterocycles. The second-order valence-corrected chi connectivity index (χ2v) is 9.29. The SMILES string of the molecule is COCc1nnc([C@@]23C[C@@H](C)C[C@@H](C2)N3C(=O)Nc2cc(-c3ncn(C)n3)c(C(F)(F)F)cc2F)o1. The van der Waals surface area contributed by atoms with Crippen LogP contribution in [0.25, 0.3) is 11.4 Å². The van der Waals surface area contributed by atoms with Gasteiger partial charge in [-0.3, -0.25) is 4.68 Å². The fourth-order valence-electron chi connectivity index (χ4n) is 5.30. The van der Waals surface area contributed by atoms with E-state index >= 15 is 0 Å². The van der Waals surface area contributed by atoms with E-state index in [1.165, 1.54) is 30.1 Å². The number of piperidine rings is 1. The van der Waals surface area contributed by atoms with E-state index in [-0.39, 0.29) is 36.2 Å². The summed E-state index contributed by atoms with van der Waals surface area (Å²) in [5.74, 6) is -0.717. The third-order valence-electron chi connectivity index (χ3n) is 6.61. The predicted octanol–water partition coefficient (Wildman–Crippen LogP) is 4.10. The third kappa shape index (κ3) is 3.98. The molecule has 1 saturated carbocycles. The normalized spacial score (nSPS) is 23.5. The van der Waals surface area contributed by atoms with Crippen LogP contribution >= 0.6 is 0 Å². The Morgan fingerprint density at radius 3 is 2.75 bits per heavy atom. The van der Waals surface area contributed by atoms with Crippen LogP contribution in [0.15, 0.2) is 22.9 Å². The van der Waals surface area contributed by atoms with Gasteiger partial charge in [-0.15, -0.1) is 10.2 Å². The summed E-state index contributed by atoms with van der Waals surface area (Å²) in [6.45, 7) is 2.15. The predicted molar refractivity (Wildman–Crippen MR) is 116 cm³/mol. The molecular weight excluding hydrogens is 486 g/mol. The molecule has 0 radical (unpaired) electrons. The number of ether oxygens (including phenoxy) is 1. The first-order valence-electron chi connectivity index (χ1n) is 11.2. The minimum Gasteiger partial charge on any atom is -0.420 e. The van der Waals surface area contributed by atoms with Gasteiger partial charge in [0, 0.05) is 32.2 Å². The van der Waals surface area contributed by atoms with Crippen LogP contribution in [0.2, 0.25) is 0 Å². The Balaban J connectivity index is 1.48. The van der Waals surface area contributed by atoms with Crippen LogP contribution in [0.4, 0.5) is 28.0 Å². The number of fused-ring (bicyclic) bond motifs is 2. The average molecular weight is 509 g/mol. The number of nitrogens with one attached hydrogen (secondary N) is 1. The summed E-state index contributed by atoms with van der Waals surface area (Å²) in [6, 6.07) is 0.397. The molecule has 2 fully saturated rings. The van der Waals surface area contributed by atoms with Crippen molar-refractivity contribution < 1.29 is 31.5 Å². The van der Waals surface area contributed by atoms with E-state index < -0.39 is 40.4 Å². The minimum atomic E-state index is -4.86. The number of nitrogens with zero attached hydrogens (tertiary/aromatic N) is 6. The quantitative estimate of drug-likeness (QED) is 0.516. The Labute approximate surface area is 202 Å². The highest BCUT2D eigenvalue weighted by molar-refractivity contribution is 5.92. The molecule has 3 aromatic rings. The number of aromatic nitrogens is 5. The summed E-state index contributed by atoms with van der Waals surface area (Å²) in [7, 11) is 2.98. The topological polar surface area (TPSA) is 111 Å². The van der Waals surface area contributed by atoms with E-state index in [2.05, 4.69) is 25.6 Å². The summed E-state index contributed by atoms with van der Waals surface area (Å²) >= 11 is 0. The van der Waals surface area contributed by atoms with Gasteiger partial charge in [-0.05, 0) is 30.9 Å². The second kappa shape index (κ2) is 8.54. The number of urea groups is 1. The zero-order valence-electron chi connectivity index (χ0n) is 19.6. The summed E-state index contributed by atoms with van der Waals surface area (Å²) < 4.78 is 67.8. The molecule has 5 rings (SSSR count). The molecule has 36 heavy (non-hydrogen) atoms. The zero-order chi connectivity index (χ0) is 25.8. The molecule has 10 nitrogen and oxygen atoms in total. The Morgan fingerprint density at radius 1 is 1.31 bits per heavy atom. The first kappa shape index (κ1) is 24.2. The molecule has 0 unspecified atom stereocenters. The largest absolute Gasteiger partial charge is 0.420 e. The van der Waals surface area contributed by atoms with Crippen molar-refractivity contribution in [3.8, 4) is 11.4 Å². The van der Waals surface area contributed by atoms with Crippen LogP contribution in [0, 0.1) is 11.7 Å². The number of likely N-dealkylation sites (tertiary alicyclic amines) is 1. The smallest absolute Gasteiger partial charge is 0.417 e. The molecule has 14 heteroatoms. The van der Waals surface area contributed by atoms with Crippen molar-refractivity contribution in [2.45, 2.75) is 50.6 Å². The van der Waals surface area contributed by atoms with Crippen molar-refractivity contribution in [3.63, 3.8) is 0 Å². The number of alkyl halides is 3. The molecule has 192 valence electrons. The molecule has 3 heterocycles. The molecule has 1 aliphatic carbocycles. The number of halogens is 4. The molecule has 1 saturated heterocycles. The molecule has 0 spiro atoms. The van der Waals surface area contributed by atoms with Crippen molar-refractivity contribution >= 4 is 11.7 Å². The Hall–Kier alpha value is -3.55. The van der Waals surface area contributed by atoms with Gasteiger partial charge in [0.1, 0.15) is 24.3 Å². The Morgan fingerprint density at radius 2 is 2.08 bits per heavy atom. The van der Waals surface area contributed by atoms with Gasteiger partial charge in [0.05, 0.1) is 11.3 Å². The lowest BCUT2D eigenvalue weighted by Crippen LogP contribution is -2.70. The van der Waals surface area contributed by atoms with E-state index in [1.807, 2.05) is 6.92 Å². The van der Waals surface area contributed by atoms with Crippen molar-refractivity contribution in [3.05, 3.63) is 41.6 Å². The highest BCUT2D eigenvalue weighted by atomic mass is 19.4. The molecular formula is C22H23F4N7O3. The third-order valence-corrected chi connectivity index (χ3v) is 6.61. The maximum atomic E-state index is 14.9. The maximum Gasteiger partial charge on any atom is 0.417 e. The maximum absolute atomic E-state index is 14.9. The monoisotopic (exact) mass is 509 g/mol. The van der Waals surface area contributed by atoms with Crippen LogP contribution in [-0.2, 0) is 30.1 Å². The van der Waals surface area contributed by atoms with E-state index in [0.717, 1.165) is 6.07 Å². The second-order valence-electron chi connectivity index (χ2n) is 9.29. The summed E-state index contributed by atoms with van der Waals surface area (Å²) in [5.41, 5.74) is -3.01. The van der Waals surface area contributed by atoms with E-state index in [1.54, 1.807) is 0 Å². The number of methoxy groups -OCH3 is 1. The molecule has 1 N–H and O–H groups in total. The van der Waals surface area contributed by atoms with E-state index in [9.17, 15) is 22.4 Å². The van der Waals surface area contributed by atoms with Gasteiger partial charge in [0.15, 0.2) is 5.82 Å². The van der Waals surface area contributed by atoms with Gasteiger partial charge in [-0.2, -0.15) is 18.3 Å². The number of aryl methyl sites for hydroxylation is 1. The van der Waals surface area contributed by atoms with Crippen molar-refractivity contribution in [2.75, 3.05) is 12.4 Å². The van der Waals surface area contributed by atoms with Crippen LogP contribution in [0.5, 0.6) is 0 Å². The summed E-state index contributed by atoms with van der Waals surface area (Å²) in [6.07, 6.45) is -1.79. The molecule has 2 bridgehead atoms. The van der Waals surface area contributed by atoms with Crippen molar-refractivity contribution in [1.29, 1.82) is 0 Å². The average Bonchev–Trinajstić information content (AvgIpc) is 3.43. The molecule has 2 aromatic heterocycles. The first-order valence-corrected chi connectivity index (χ1v) is 11.2. The zero-order valence-corrected chi connectivity index (χ0v) is 19.6. The fraction of sp³-hybridized carbons (Fsp3) is 0.500. The first-order chi connectivity index (χ1) is 17.0. The number of hydrogen-bond acceptors (Lipinski definition) is 7. The van der Waals surface area contributed by atoms with Crippen LogP contribution in [-0.4, -0.2) is 49.0 Å². The van der Waals surface area contributed by atoms with Crippen LogP contribution in [0.3, 0.4) is 0 Å². The van der Waals surface area contributed by atoms with Gasteiger partial charge in [0.2, 0.25) is 11.8 Å². The molecule has 1 aromatic carbocycles. The number of hydrogen-bond donors (Lipinski definition) is 1. The number of anilines is 1. The lowest BCUT2D eigenvalue weighted by atomic mass is 9.64. The minimum absolute atomic E-state index is 0.107. The molecule has 2 amide bonds. The van der Waals surface area contributed by atoms with E-state index in [0.29, 0.717) is 25.3 Å². The van der Waals surface area contributed by atoms with Crippen molar-refractivity contribution in [1.82, 2.24) is 29.9 Å². The summed E-state index contributed by atoms with van der Waals surface area (Å²) in [5, 5.41) is 14.4. The molecule has 3 atom stereocenters. The van der Waals surface area contributed by atoms with Crippen molar-refractivity contribution in [2.24, 2.45) is 13.0 Å². The van der Waals surface area contributed by atoms with Crippen LogP contribution in [0.1, 0.15) is 43.5 Å². The van der Waals surface area contributed by atoms with Gasteiger partial charge >= 0.3 is 12.2 Å². The number of amides is 2. The number of rotatable bonds is 5. The standard InChI is InChI=1S/C22H23F4N7O3/c1-11-4-12-8-21(7-11,19-30-29-17(36-19)9-35-3)33(12)20(34)28-16-5-13(18-27-10-32(2)31-18)14(6-15(16)23)22(24,25)26/h5-6,10-12H,4,7-9H2,1-3H3,(H,28,34)/t11-,12-,21+/m0/s1. The van der Waals surface area contributed by atoms with Gasteiger partial charge in [0.25, 0.3) is 0 Å². The lowest BCUT2D eigenvalue weighted by molar-refractivity contribution is -0.137. The lowest BCUT2D eigenvalue weighted by Gasteiger charge is -2.61.